The van der Waals surface area contributed by atoms with Gasteiger partial charge < -0.3 is 9.47 Å². The molecule has 0 fully saturated rings. The van der Waals surface area contributed by atoms with Gasteiger partial charge in [0.1, 0.15) is 4.90 Å². The molecule has 0 radical (unpaired) electrons. The van der Waals surface area contributed by atoms with Crippen molar-refractivity contribution in [1.82, 2.24) is 19.1 Å². The van der Waals surface area contributed by atoms with E-state index in [1.165, 1.54) is 27.2 Å². The Morgan fingerprint density at radius 1 is 1.21 bits per heavy atom. The summed E-state index contributed by atoms with van der Waals surface area (Å²) in [6.07, 6.45) is -6.14. The number of carbonyl (C=O) groups excluding carboxylic acids is 1. The van der Waals surface area contributed by atoms with E-state index >= 15 is 0 Å². The number of nitrogens with zero attached hydrogens (tertiary/aromatic N) is 3. The van der Waals surface area contributed by atoms with Crippen LogP contribution in [0.1, 0.15) is 10.6 Å². The zero-order valence-electron chi connectivity index (χ0n) is 14.6. The van der Waals surface area contributed by atoms with E-state index in [-0.39, 0.29) is 23.4 Å². The number of alkyl halides is 3. The molecule has 2 rings (SSSR count). The Bertz CT molecular complexity index is 955. The normalized spacial score (nSPS) is 11.8. The Labute approximate surface area is 161 Å². The van der Waals surface area contributed by atoms with Crippen LogP contribution in [-0.2, 0) is 16.4 Å². The van der Waals surface area contributed by atoms with Gasteiger partial charge in [0.05, 0.1) is 37.3 Å². The van der Waals surface area contributed by atoms with Gasteiger partial charge in [0.2, 0.25) is 17.7 Å². The van der Waals surface area contributed by atoms with Crippen LogP contribution in [0, 0.1) is 6.92 Å². The standard InChI is InChI=1S/C13H14F3N5O5S2/c1-6-10(7(27-20-6)5-13(14,15)16)28(23,24)21-12(22)19-11-17-8(25-2)4-9(18-11)26-3/h4H,5H2,1-3H3,(H2,17,18,19,21,22). The molecule has 0 unspecified atom stereocenters. The molecule has 2 N–H and O–H groups in total. The topological polar surface area (TPSA) is 132 Å². The molecule has 28 heavy (non-hydrogen) atoms. The Morgan fingerprint density at radius 2 is 1.79 bits per heavy atom. The first-order valence-corrected chi connectivity index (χ1v) is 9.53. The molecule has 15 heteroatoms. The minimum absolute atomic E-state index is 0.0235. The average molecular weight is 441 g/mol. The van der Waals surface area contributed by atoms with E-state index in [0.717, 1.165) is 0 Å². The van der Waals surface area contributed by atoms with Gasteiger partial charge in [0.15, 0.2) is 0 Å². The lowest BCUT2D eigenvalue weighted by atomic mass is 10.3. The Hall–Kier alpha value is -2.68. The smallest absolute Gasteiger partial charge is 0.393 e. The van der Waals surface area contributed by atoms with Crippen LogP contribution < -0.4 is 19.5 Å². The maximum Gasteiger partial charge on any atom is 0.393 e. The predicted molar refractivity (Wildman–Crippen MR) is 91.1 cm³/mol. The number of anilines is 1. The molecule has 10 nitrogen and oxygen atoms in total. The SMILES string of the molecule is COc1cc(OC)nc(NC(=O)NS(=O)(=O)c2c(C)nsc2CC(F)(F)F)n1. The summed E-state index contributed by atoms with van der Waals surface area (Å²) in [5.41, 5.74) is -0.163. The number of sulfonamides is 1. The van der Waals surface area contributed by atoms with Crippen molar-refractivity contribution in [3.05, 3.63) is 16.6 Å². The lowest BCUT2D eigenvalue weighted by molar-refractivity contribution is -0.127. The van der Waals surface area contributed by atoms with Crippen LogP contribution >= 0.6 is 11.5 Å². The number of carbonyl (C=O) groups is 1. The number of hydrogen-bond acceptors (Lipinski definition) is 9. The molecule has 0 spiro atoms. The van der Waals surface area contributed by atoms with Crippen molar-refractivity contribution >= 4 is 33.5 Å². The van der Waals surface area contributed by atoms with Crippen LogP contribution in [0.5, 0.6) is 11.8 Å². The number of rotatable bonds is 6. The number of aryl methyl sites for hydroxylation is 1. The number of urea groups is 1. The maximum atomic E-state index is 12.7. The fourth-order valence-corrected chi connectivity index (χ4v) is 4.52. The maximum absolute atomic E-state index is 12.7. The first-order chi connectivity index (χ1) is 12.9. The second-order valence-corrected chi connectivity index (χ2v) is 7.63. The third-order valence-corrected chi connectivity index (χ3v) is 5.65. The molecule has 0 saturated heterocycles. The molecule has 0 aliphatic rings. The van der Waals surface area contributed by atoms with Crippen LogP contribution in [-0.4, -0.2) is 49.2 Å². The van der Waals surface area contributed by atoms with Crippen molar-refractivity contribution in [3.63, 3.8) is 0 Å². The number of methoxy groups -OCH3 is 2. The lowest BCUT2D eigenvalue weighted by Crippen LogP contribution is -2.35. The van der Waals surface area contributed by atoms with Crippen LogP contribution in [0.15, 0.2) is 11.0 Å². The summed E-state index contributed by atoms with van der Waals surface area (Å²) < 4.78 is 77.8. The second kappa shape index (κ2) is 8.14. The van der Waals surface area contributed by atoms with Gasteiger partial charge in [0, 0.05) is 0 Å². The third-order valence-electron chi connectivity index (χ3n) is 3.05. The van der Waals surface area contributed by atoms with Crippen LogP contribution in [0.25, 0.3) is 0 Å². The number of ether oxygens (including phenoxy) is 2. The number of amides is 2. The summed E-state index contributed by atoms with van der Waals surface area (Å²) in [7, 11) is -2.04. The summed E-state index contributed by atoms with van der Waals surface area (Å²) in [4.78, 5) is 18.3. The highest BCUT2D eigenvalue weighted by Crippen LogP contribution is 2.30. The zero-order valence-corrected chi connectivity index (χ0v) is 16.3. The van der Waals surface area contributed by atoms with Crippen molar-refractivity contribution in [2.24, 2.45) is 0 Å². The lowest BCUT2D eigenvalue weighted by Gasteiger charge is -2.11. The Balaban J connectivity index is 2.24. The van der Waals surface area contributed by atoms with E-state index in [1.807, 2.05) is 5.32 Å². The van der Waals surface area contributed by atoms with Crippen LogP contribution in [0.4, 0.5) is 23.9 Å². The number of aromatic nitrogens is 3. The summed E-state index contributed by atoms with van der Waals surface area (Å²) in [6, 6.07) is 0.0164. The Morgan fingerprint density at radius 3 is 2.29 bits per heavy atom. The van der Waals surface area contributed by atoms with Gasteiger partial charge in [-0.25, -0.2) is 17.9 Å². The summed E-state index contributed by atoms with van der Waals surface area (Å²) in [5, 5.41) is 2.05. The molecule has 0 aliphatic heterocycles. The van der Waals surface area contributed by atoms with E-state index in [2.05, 4.69) is 14.3 Å². The Kier molecular flexibility index (Phi) is 6.28. The second-order valence-electron chi connectivity index (χ2n) is 5.15. The molecule has 2 aromatic heterocycles. The van der Waals surface area contributed by atoms with Gasteiger partial charge in [-0.15, -0.1) is 0 Å². The summed E-state index contributed by atoms with van der Waals surface area (Å²) >= 11 is 0.392. The van der Waals surface area contributed by atoms with Gasteiger partial charge in [-0.3, -0.25) is 5.32 Å². The highest BCUT2D eigenvalue weighted by Gasteiger charge is 2.35. The van der Waals surface area contributed by atoms with Crippen LogP contribution in [0.3, 0.4) is 0 Å². The van der Waals surface area contributed by atoms with Crippen molar-refractivity contribution in [2.75, 3.05) is 19.5 Å². The van der Waals surface area contributed by atoms with E-state index in [9.17, 15) is 26.4 Å². The first-order valence-electron chi connectivity index (χ1n) is 7.28. The fourth-order valence-electron chi connectivity index (χ4n) is 2.02. The minimum Gasteiger partial charge on any atom is -0.481 e. The van der Waals surface area contributed by atoms with E-state index in [4.69, 9.17) is 9.47 Å². The third kappa shape index (κ3) is 5.41. The number of halogens is 3. The highest BCUT2D eigenvalue weighted by molar-refractivity contribution is 7.90. The van der Waals surface area contributed by atoms with Crippen LogP contribution in [0.2, 0.25) is 0 Å². The van der Waals surface area contributed by atoms with Crippen molar-refractivity contribution < 1.29 is 35.9 Å². The molecule has 154 valence electrons. The number of hydrogen-bond donors (Lipinski definition) is 2. The van der Waals surface area contributed by atoms with E-state index in [1.54, 1.807) is 4.72 Å². The molecule has 2 heterocycles. The molecular formula is C13H14F3N5O5S2. The van der Waals surface area contributed by atoms with Gasteiger partial charge >= 0.3 is 12.2 Å². The van der Waals surface area contributed by atoms with E-state index < -0.39 is 38.4 Å². The summed E-state index contributed by atoms with van der Waals surface area (Å²) in [6.45, 7) is 1.22. The fraction of sp³-hybridized carbons (Fsp3) is 0.385. The van der Waals surface area contributed by atoms with E-state index in [0.29, 0.717) is 11.5 Å². The first kappa shape index (κ1) is 21.6. The van der Waals surface area contributed by atoms with Gasteiger partial charge in [-0.2, -0.15) is 27.5 Å². The molecule has 0 aromatic carbocycles. The molecule has 2 amide bonds. The monoisotopic (exact) mass is 441 g/mol. The summed E-state index contributed by atoms with van der Waals surface area (Å²) in [5.74, 6) is -0.301. The average Bonchev–Trinajstić information content (AvgIpc) is 2.92. The predicted octanol–water partition coefficient (Wildman–Crippen LogP) is 1.87. The molecule has 0 bridgehead atoms. The quantitative estimate of drug-likeness (QED) is 0.694. The highest BCUT2D eigenvalue weighted by atomic mass is 32.2. The number of nitrogens with one attached hydrogen (secondary N) is 2. The molecule has 2 aromatic rings. The minimum atomic E-state index is -4.64. The molecular weight excluding hydrogens is 427 g/mol. The molecule has 0 atom stereocenters. The van der Waals surface area contributed by atoms with Gasteiger partial charge in [-0.1, -0.05) is 0 Å². The van der Waals surface area contributed by atoms with Crippen molar-refractivity contribution in [1.29, 1.82) is 0 Å². The van der Waals surface area contributed by atoms with Crippen molar-refractivity contribution in [2.45, 2.75) is 24.4 Å². The van der Waals surface area contributed by atoms with Gasteiger partial charge in [-0.05, 0) is 18.5 Å². The zero-order chi connectivity index (χ0) is 21.1. The largest absolute Gasteiger partial charge is 0.481 e. The van der Waals surface area contributed by atoms with Crippen molar-refractivity contribution in [3.8, 4) is 11.8 Å². The molecule has 0 saturated carbocycles. The van der Waals surface area contributed by atoms with Gasteiger partial charge in [0.25, 0.3) is 10.0 Å². The molecule has 0 aliphatic carbocycles.